The van der Waals surface area contributed by atoms with Gasteiger partial charge in [-0.15, -0.1) is 11.3 Å². The quantitative estimate of drug-likeness (QED) is 0.433. The molecule has 0 atom stereocenters. The molecule has 0 aliphatic heterocycles. The number of aromatic nitrogens is 3. The van der Waals surface area contributed by atoms with Crippen LogP contribution in [0.3, 0.4) is 0 Å². The van der Waals surface area contributed by atoms with Gasteiger partial charge >= 0.3 is 0 Å². The highest BCUT2D eigenvalue weighted by Gasteiger charge is 2.17. The summed E-state index contributed by atoms with van der Waals surface area (Å²) in [4.78, 5) is 19.6. The Kier molecular flexibility index (Phi) is 4.96. The Morgan fingerprint density at radius 2 is 1.86 bits per heavy atom. The molecule has 1 aromatic carbocycles. The minimum atomic E-state index is -0.146. The largest absolute Gasteiger partial charge is 0.346 e. The SMILES string of the molecule is Cc1sc2ncn(/N=C\c3cc(C)n(C(C)C)c3C)c(=O)c2c1-c1ccccc1. The van der Waals surface area contributed by atoms with Gasteiger partial charge in [-0.05, 0) is 46.2 Å². The van der Waals surface area contributed by atoms with E-state index in [-0.39, 0.29) is 5.56 Å². The molecule has 0 saturated carbocycles. The maximum atomic E-state index is 13.2. The van der Waals surface area contributed by atoms with Crippen molar-refractivity contribution in [3.8, 4) is 11.1 Å². The summed E-state index contributed by atoms with van der Waals surface area (Å²) < 4.78 is 3.60. The Labute approximate surface area is 174 Å². The van der Waals surface area contributed by atoms with Gasteiger partial charge in [-0.25, -0.2) is 4.98 Å². The summed E-state index contributed by atoms with van der Waals surface area (Å²) in [6.45, 7) is 10.5. The van der Waals surface area contributed by atoms with Gasteiger partial charge in [0.2, 0.25) is 0 Å². The van der Waals surface area contributed by atoms with Crippen LogP contribution >= 0.6 is 11.3 Å². The summed E-state index contributed by atoms with van der Waals surface area (Å²) in [6.07, 6.45) is 3.26. The number of benzene rings is 1. The van der Waals surface area contributed by atoms with E-state index in [2.05, 4.69) is 48.4 Å². The molecule has 0 amide bonds. The second kappa shape index (κ2) is 7.44. The third-order valence-electron chi connectivity index (χ3n) is 5.20. The average Bonchev–Trinajstić information content (AvgIpc) is 3.17. The first-order valence-electron chi connectivity index (χ1n) is 9.67. The standard InChI is InChI=1S/C23H24N4OS/c1-14(2)27-15(3)11-19(16(27)4)12-25-26-13-24-22-21(23(26)28)20(17(5)29-22)18-9-7-6-8-10-18/h6-14H,1-5H3/b25-12-. The van der Waals surface area contributed by atoms with Gasteiger partial charge in [0.25, 0.3) is 5.56 Å². The van der Waals surface area contributed by atoms with Crippen molar-refractivity contribution in [2.75, 3.05) is 0 Å². The number of rotatable bonds is 4. The molecule has 0 unspecified atom stereocenters. The molecule has 0 radical (unpaired) electrons. The molecular weight excluding hydrogens is 380 g/mol. The summed E-state index contributed by atoms with van der Waals surface area (Å²) in [7, 11) is 0. The molecule has 29 heavy (non-hydrogen) atoms. The van der Waals surface area contributed by atoms with E-state index in [1.807, 2.05) is 37.3 Å². The maximum absolute atomic E-state index is 13.2. The van der Waals surface area contributed by atoms with Crippen LogP contribution < -0.4 is 5.56 Å². The van der Waals surface area contributed by atoms with Crippen molar-refractivity contribution in [1.29, 1.82) is 0 Å². The van der Waals surface area contributed by atoms with E-state index in [1.165, 1.54) is 16.7 Å². The molecule has 4 aromatic rings. The van der Waals surface area contributed by atoms with Crippen molar-refractivity contribution in [1.82, 2.24) is 14.2 Å². The molecule has 6 heteroatoms. The lowest BCUT2D eigenvalue weighted by Gasteiger charge is -2.13. The second-order valence-electron chi connectivity index (χ2n) is 7.51. The molecule has 3 heterocycles. The predicted octanol–water partition coefficient (Wildman–Crippen LogP) is 5.31. The molecule has 0 fully saturated rings. The van der Waals surface area contributed by atoms with E-state index in [9.17, 15) is 4.79 Å². The Morgan fingerprint density at radius 1 is 1.14 bits per heavy atom. The summed E-state index contributed by atoms with van der Waals surface area (Å²) in [5.41, 5.74) is 5.16. The van der Waals surface area contributed by atoms with Gasteiger partial charge in [-0.3, -0.25) is 4.79 Å². The van der Waals surface area contributed by atoms with E-state index in [1.54, 1.807) is 17.6 Å². The van der Waals surface area contributed by atoms with Crippen LogP contribution in [0.5, 0.6) is 0 Å². The molecule has 148 valence electrons. The van der Waals surface area contributed by atoms with Gasteiger partial charge in [0.1, 0.15) is 11.2 Å². The molecule has 5 nitrogen and oxygen atoms in total. The van der Waals surface area contributed by atoms with E-state index >= 15 is 0 Å². The molecule has 0 N–H and O–H groups in total. The van der Waals surface area contributed by atoms with E-state index < -0.39 is 0 Å². The van der Waals surface area contributed by atoms with Gasteiger partial charge in [0.05, 0.1) is 11.6 Å². The van der Waals surface area contributed by atoms with Crippen LogP contribution in [0.15, 0.2) is 52.6 Å². The summed E-state index contributed by atoms with van der Waals surface area (Å²) >= 11 is 1.54. The number of aryl methyl sites for hydroxylation is 2. The topological polar surface area (TPSA) is 52.2 Å². The first kappa shape index (κ1) is 19.3. The minimum absolute atomic E-state index is 0.146. The Morgan fingerprint density at radius 3 is 2.52 bits per heavy atom. The fourth-order valence-corrected chi connectivity index (χ4v) is 4.98. The van der Waals surface area contributed by atoms with Crippen molar-refractivity contribution in [2.45, 2.75) is 40.7 Å². The monoisotopic (exact) mass is 404 g/mol. The second-order valence-corrected chi connectivity index (χ2v) is 8.71. The normalized spacial score (nSPS) is 11.9. The van der Waals surface area contributed by atoms with Crippen LogP contribution in [0.25, 0.3) is 21.3 Å². The molecule has 4 rings (SSSR count). The highest BCUT2D eigenvalue weighted by Crippen LogP contribution is 2.35. The number of thiophene rings is 1. The third kappa shape index (κ3) is 3.34. The minimum Gasteiger partial charge on any atom is -0.346 e. The van der Waals surface area contributed by atoms with Crippen LogP contribution in [-0.2, 0) is 0 Å². The predicted molar refractivity (Wildman–Crippen MR) is 121 cm³/mol. The van der Waals surface area contributed by atoms with Crippen molar-refractivity contribution in [2.24, 2.45) is 5.10 Å². The lowest BCUT2D eigenvalue weighted by molar-refractivity contribution is 0.574. The van der Waals surface area contributed by atoms with Gasteiger partial charge in [0.15, 0.2) is 0 Å². The smallest absolute Gasteiger partial charge is 0.283 e. The van der Waals surface area contributed by atoms with Crippen LogP contribution in [0.1, 0.15) is 41.7 Å². The molecule has 0 bridgehead atoms. The highest BCUT2D eigenvalue weighted by atomic mass is 32.1. The number of fused-ring (bicyclic) bond motifs is 1. The summed E-state index contributed by atoms with van der Waals surface area (Å²) in [5, 5.41) is 5.08. The fraction of sp³-hybridized carbons (Fsp3) is 0.261. The zero-order valence-corrected chi connectivity index (χ0v) is 18.1. The molecular formula is C23H24N4OS. The van der Waals surface area contributed by atoms with Gasteiger partial charge in [0, 0.05) is 33.4 Å². The van der Waals surface area contributed by atoms with Crippen molar-refractivity contribution in [3.05, 3.63) is 74.9 Å². The summed E-state index contributed by atoms with van der Waals surface area (Å²) in [5.74, 6) is 0. The van der Waals surface area contributed by atoms with E-state index in [0.29, 0.717) is 11.4 Å². The first-order valence-corrected chi connectivity index (χ1v) is 10.5. The van der Waals surface area contributed by atoms with E-state index in [4.69, 9.17) is 0 Å². The van der Waals surface area contributed by atoms with Gasteiger partial charge in [-0.1, -0.05) is 30.3 Å². The molecule has 0 saturated heterocycles. The Balaban J connectivity index is 1.83. The number of hydrogen-bond donors (Lipinski definition) is 0. The first-order chi connectivity index (χ1) is 13.9. The van der Waals surface area contributed by atoms with Crippen LogP contribution in [0, 0.1) is 20.8 Å². The van der Waals surface area contributed by atoms with Gasteiger partial charge in [-0.2, -0.15) is 9.78 Å². The molecule has 3 aromatic heterocycles. The van der Waals surface area contributed by atoms with Crippen molar-refractivity contribution >= 4 is 27.8 Å². The highest BCUT2D eigenvalue weighted by molar-refractivity contribution is 7.19. The molecule has 0 spiro atoms. The number of nitrogens with zero attached hydrogens (tertiary/aromatic N) is 4. The Hall–Kier alpha value is -2.99. The molecule has 0 aliphatic carbocycles. The van der Waals surface area contributed by atoms with Crippen molar-refractivity contribution < 1.29 is 0 Å². The maximum Gasteiger partial charge on any atom is 0.283 e. The molecule has 0 aliphatic rings. The number of hydrogen-bond acceptors (Lipinski definition) is 4. The lowest BCUT2D eigenvalue weighted by Crippen LogP contribution is -2.17. The van der Waals surface area contributed by atoms with Crippen LogP contribution in [-0.4, -0.2) is 20.4 Å². The average molecular weight is 405 g/mol. The van der Waals surface area contributed by atoms with Crippen LogP contribution in [0.4, 0.5) is 0 Å². The zero-order valence-electron chi connectivity index (χ0n) is 17.3. The lowest BCUT2D eigenvalue weighted by atomic mass is 10.0. The van der Waals surface area contributed by atoms with E-state index in [0.717, 1.165) is 32.1 Å². The summed E-state index contributed by atoms with van der Waals surface area (Å²) in [6, 6.07) is 12.5. The fourth-order valence-electron chi connectivity index (χ4n) is 3.98. The van der Waals surface area contributed by atoms with Crippen LogP contribution in [0.2, 0.25) is 0 Å². The van der Waals surface area contributed by atoms with Crippen molar-refractivity contribution in [3.63, 3.8) is 0 Å². The third-order valence-corrected chi connectivity index (χ3v) is 6.21. The zero-order chi connectivity index (χ0) is 20.7. The Bertz CT molecular complexity index is 1280. The van der Waals surface area contributed by atoms with Gasteiger partial charge < -0.3 is 4.57 Å².